The number of piperazine rings is 1. The Balaban J connectivity index is 1.28. The van der Waals surface area contributed by atoms with Gasteiger partial charge in [0.15, 0.2) is 0 Å². The fraction of sp³-hybridized carbons (Fsp3) is 0.400. The van der Waals surface area contributed by atoms with Gasteiger partial charge in [-0.3, -0.25) is 9.69 Å². The number of nitrogens with zero attached hydrogens (tertiary/aromatic N) is 4. The van der Waals surface area contributed by atoms with Crippen molar-refractivity contribution in [3.8, 4) is 5.75 Å². The Morgan fingerprint density at radius 3 is 2.71 bits per heavy atom. The Bertz CT molecular complexity index is 1150. The molecule has 1 aromatic heterocycles. The van der Waals surface area contributed by atoms with Crippen molar-refractivity contribution in [1.29, 1.82) is 0 Å². The van der Waals surface area contributed by atoms with Gasteiger partial charge in [-0.1, -0.05) is 22.0 Å². The highest BCUT2D eigenvalue weighted by Crippen LogP contribution is 2.31. The van der Waals surface area contributed by atoms with Gasteiger partial charge in [0.1, 0.15) is 17.9 Å². The van der Waals surface area contributed by atoms with Crippen molar-refractivity contribution in [2.75, 3.05) is 63.5 Å². The second-order valence-electron chi connectivity index (χ2n) is 8.39. The molecule has 3 N–H and O–H groups in total. The number of carbonyl (C=O) groups is 1. The van der Waals surface area contributed by atoms with Crippen LogP contribution in [0, 0.1) is 0 Å². The Morgan fingerprint density at radius 2 is 1.94 bits per heavy atom. The predicted octanol–water partition coefficient (Wildman–Crippen LogP) is 3.67. The van der Waals surface area contributed by atoms with E-state index in [-0.39, 0.29) is 5.97 Å². The zero-order valence-electron chi connectivity index (χ0n) is 19.9. The number of nitrogens with two attached hydrogens (primary N) is 1. The van der Waals surface area contributed by atoms with Gasteiger partial charge < -0.3 is 25.4 Å². The zero-order valence-corrected chi connectivity index (χ0v) is 21.5. The van der Waals surface area contributed by atoms with Crippen LogP contribution in [0.1, 0.15) is 13.3 Å². The maximum atomic E-state index is 11.6. The third kappa shape index (κ3) is 7.03. The molecule has 4 rings (SSSR count). The Kier molecular flexibility index (Phi) is 8.73. The maximum Gasteiger partial charge on any atom is 0.320 e. The predicted molar refractivity (Wildman–Crippen MR) is 141 cm³/mol. The smallest absolute Gasteiger partial charge is 0.320 e. The van der Waals surface area contributed by atoms with Crippen LogP contribution in [0.5, 0.6) is 5.75 Å². The second kappa shape index (κ2) is 12.1. The van der Waals surface area contributed by atoms with Crippen molar-refractivity contribution in [1.82, 2.24) is 19.8 Å². The van der Waals surface area contributed by atoms with Gasteiger partial charge in [0.05, 0.1) is 31.0 Å². The summed E-state index contributed by atoms with van der Waals surface area (Å²) in [5.74, 6) is 1.17. The molecule has 0 amide bonds. The summed E-state index contributed by atoms with van der Waals surface area (Å²) in [6.07, 6.45) is 2.42. The highest BCUT2D eigenvalue weighted by atomic mass is 79.9. The fourth-order valence-electron chi connectivity index (χ4n) is 4.06. The summed E-state index contributed by atoms with van der Waals surface area (Å²) in [4.78, 5) is 25.0. The van der Waals surface area contributed by atoms with E-state index in [2.05, 4.69) is 41.0 Å². The van der Waals surface area contributed by atoms with E-state index in [0.29, 0.717) is 37.0 Å². The lowest BCUT2D eigenvalue weighted by Gasteiger charge is -2.34. The summed E-state index contributed by atoms with van der Waals surface area (Å²) in [5.41, 5.74) is 8.54. The molecule has 2 heterocycles. The fourth-order valence-corrected chi connectivity index (χ4v) is 4.46. The summed E-state index contributed by atoms with van der Waals surface area (Å²) in [7, 11) is 0. The maximum absolute atomic E-state index is 11.6. The van der Waals surface area contributed by atoms with E-state index in [1.807, 2.05) is 43.3 Å². The van der Waals surface area contributed by atoms with E-state index in [0.717, 1.165) is 60.2 Å². The van der Waals surface area contributed by atoms with Crippen LogP contribution in [-0.2, 0) is 9.53 Å². The summed E-state index contributed by atoms with van der Waals surface area (Å²) in [6, 6.07) is 11.6. The Labute approximate surface area is 213 Å². The minimum Gasteiger partial charge on any atom is -0.491 e. The number of ether oxygens (including phenoxy) is 2. The molecule has 0 atom stereocenters. The lowest BCUT2D eigenvalue weighted by Crippen LogP contribution is -2.48. The highest BCUT2D eigenvalue weighted by Gasteiger charge is 2.19. The number of carbonyl (C=O) groups excluding carboxylic acids is 1. The topological polar surface area (TPSA) is 106 Å². The first-order valence-corrected chi connectivity index (χ1v) is 12.6. The third-order valence-electron chi connectivity index (χ3n) is 5.85. The van der Waals surface area contributed by atoms with E-state index in [4.69, 9.17) is 15.2 Å². The van der Waals surface area contributed by atoms with Crippen molar-refractivity contribution in [2.45, 2.75) is 13.3 Å². The molecule has 1 fully saturated rings. The molecule has 3 aromatic rings. The summed E-state index contributed by atoms with van der Waals surface area (Å²) >= 11 is 3.49. The molecular formula is C25H31BrN6O3. The van der Waals surface area contributed by atoms with Crippen LogP contribution in [0.3, 0.4) is 0 Å². The lowest BCUT2D eigenvalue weighted by atomic mass is 10.2. The first kappa shape index (κ1) is 25.2. The number of aromatic nitrogens is 2. The molecule has 0 unspecified atom stereocenters. The van der Waals surface area contributed by atoms with Gasteiger partial charge in [-0.2, -0.15) is 0 Å². The first-order chi connectivity index (χ1) is 17.0. The van der Waals surface area contributed by atoms with Crippen LogP contribution in [-0.4, -0.2) is 78.2 Å². The Morgan fingerprint density at radius 1 is 1.14 bits per heavy atom. The molecule has 186 valence electrons. The summed E-state index contributed by atoms with van der Waals surface area (Å²) in [5, 5.41) is 4.16. The summed E-state index contributed by atoms with van der Waals surface area (Å²) < 4.78 is 12.0. The van der Waals surface area contributed by atoms with Gasteiger partial charge in [0, 0.05) is 54.3 Å². The largest absolute Gasteiger partial charge is 0.491 e. The molecular weight excluding hydrogens is 512 g/mol. The molecule has 0 radical (unpaired) electrons. The van der Waals surface area contributed by atoms with Crippen molar-refractivity contribution in [3.63, 3.8) is 0 Å². The van der Waals surface area contributed by atoms with Gasteiger partial charge in [-0.25, -0.2) is 9.97 Å². The molecule has 0 spiro atoms. The average Bonchev–Trinajstić information content (AvgIpc) is 2.84. The van der Waals surface area contributed by atoms with Gasteiger partial charge in [0.25, 0.3) is 0 Å². The standard InChI is InChI=1S/C25H31BrN6O3/c1-2-34-24(33)16-32-10-8-31(9-11-32)7-4-12-35-23-15-22-20(14-21(23)27)25(29-17-28-22)30-19-6-3-5-18(26)13-19/h3,5-6,13-15,17H,2,4,7-12,16,27H2,1H3,(H,28,29,30). The number of esters is 1. The quantitative estimate of drug-likeness (QED) is 0.225. The van der Waals surface area contributed by atoms with Crippen molar-refractivity contribution < 1.29 is 14.3 Å². The minimum absolute atomic E-state index is 0.149. The van der Waals surface area contributed by atoms with Gasteiger partial charge in [-0.05, 0) is 37.6 Å². The zero-order chi connectivity index (χ0) is 24.6. The molecule has 10 heteroatoms. The molecule has 0 aliphatic carbocycles. The van der Waals surface area contributed by atoms with E-state index in [1.54, 1.807) is 0 Å². The number of nitrogens with one attached hydrogen (secondary N) is 1. The average molecular weight is 543 g/mol. The SMILES string of the molecule is CCOC(=O)CN1CCN(CCCOc2cc3ncnc(Nc4cccc(Br)c4)c3cc2N)CC1. The van der Waals surface area contributed by atoms with E-state index < -0.39 is 0 Å². The van der Waals surface area contributed by atoms with Crippen LogP contribution >= 0.6 is 15.9 Å². The number of halogens is 1. The normalized spacial score (nSPS) is 14.7. The molecule has 1 saturated heterocycles. The van der Waals surface area contributed by atoms with Crippen LogP contribution in [0.4, 0.5) is 17.2 Å². The van der Waals surface area contributed by atoms with Crippen LogP contribution < -0.4 is 15.8 Å². The van der Waals surface area contributed by atoms with E-state index in [1.165, 1.54) is 6.33 Å². The number of nitrogen functional groups attached to an aromatic ring is 1. The number of hydrogen-bond donors (Lipinski definition) is 2. The summed E-state index contributed by atoms with van der Waals surface area (Å²) in [6.45, 7) is 7.73. The van der Waals surface area contributed by atoms with E-state index >= 15 is 0 Å². The second-order valence-corrected chi connectivity index (χ2v) is 9.31. The molecule has 9 nitrogen and oxygen atoms in total. The molecule has 2 aromatic carbocycles. The molecule has 1 aliphatic rings. The Hall–Kier alpha value is -2.95. The van der Waals surface area contributed by atoms with Crippen molar-refractivity contribution >= 4 is 50.0 Å². The third-order valence-corrected chi connectivity index (χ3v) is 6.35. The molecule has 1 aliphatic heterocycles. The number of benzene rings is 2. The lowest BCUT2D eigenvalue weighted by molar-refractivity contribution is -0.144. The first-order valence-electron chi connectivity index (χ1n) is 11.8. The minimum atomic E-state index is -0.149. The molecule has 0 bridgehead atoms. The molecule has 35 heavy (non-hydrogen) atoms. The van der Waals surface area contributed by atoms with Gasteiger partial charge >= 0.3 is 5.97 Å². The van der Waals surface area contributed by atoms with Crippen LogP contribution in [0.15, 0.2) is 47.2 Å². The monoisotopic (exact) mass is 542 g/mol. The molecule has 0 saturated carbocycles. The number of hydrogen-bond acceptors (Lipinski definition) is 9. The number of anilines is 3. The van der Waals surface area contributed by atoms with Crippen LogP contribution in [0.2, 0.25) is 0 Å². The highest BCUT2D eigenvalue weighted by molar-refractivity contribution is 9.10. The van der Waals surface area contributed by atoms with Gasteiger partial charge in [0.2, 0.25) is 0 Å². The van der Waals surface area contributed by atoms with Crippen molar-refractivity contribution in [3.05, 3.63) is 47.2 Å². The number of rotatable bonds is 10. The van der Waals surface area contributed by atoms with Crippen LogP contribution in [0.25, 0.3) is 10.9 Å². The number of fused-ring (bicyclic) bond motifs is 1. The van der Waals surface area contributed by atoms with E-state index in [9.17, 15) is 4.79 Å². The van der Waals surface area contributed by atoms with Crippen molar-refractivity contribution in [2.24, 2.45) is 0 Å². The van der Waals surface area contributed by atoms with Gasteiger partial charge in [-0.15, -0.1) is 0 Å².